The lowest BCUT2D eigenvalue weighted by Gasteiger charge is -2.03. The Kier molecular flexibility index (Phi) is 6.95. The van der Waals surface area contributed by atoms with E-state index in [1.165, 1.54) is 24.3 Å². The minimum atomic E-state index is -1.13. The molecule has 0 spiro atoms. The molecule has 0 amide bonds. The number of hydrogen-bond acceptors (Lipinski definition) is 4. The molecule has 0 unspecified atom stereocenters. The van der Waals surface area contributed by atoms with E-state index in [0.717, 1.165) is 12.2 Å². The summed E-state index contributed by atoms with van der Waals surface area (Å²) in [6.45, 7) is 0. The Labute approximate surface area is 138 Å². The molecular formula is C18H12N2O4. The zero-order valence-electron chi connectivity index (χ0n) is 12.4. The van der Waals surface area contributed by atoms with Crippen LogP contribution in [0, 0.1) is 22.7 Å². The summed E-state index contributed by atoms with van der Waals surface area (Å²) >= 11 is 0. The summed E-state index contributed by atoms with van der Waals surface area (Å²) < 4.78 is 0. The van der Waals surface area contributed by atoms with E-state index in [-0.39, 0.29) is 11.1 Å². The minimum Gasteiger partial charge on any atom is -0.478 e. The van der Waals surface area contributed by atoms with Crippen molar-refractivity contribution in [3.8, 4) is 12.1 Å². The Morgan fingerprint density at radius 3 is 1.62 bits per heavy atom. The number of carbonyl (C=O) groups is 2. The summed E-state index contributed by atoms with van der Waals surface area (Å²) in [7, 11) is 0. The quantitative estimate of drug-likeness (QED) is 0.472. The number of nitrogens with zero attached hydrogens (tertiary/aromatic N) is 2. The highest BCUT2D eigenvalue weighted by Crippen LogP contribution is 2.20. The van der Waals surface area contributed by atoms with E-state index in [1.54, 1.807) is 24.3 Å². The van der Waals surface area contributed by atoms with Gasteiger partial charge in [-0.15, -0.1) is 0 Å². The van der Waals surface area contributed by atoms with Gasteiger partial charge in [0.05, 0.1) is 23.3 Å². The van der Waals surface area contributed by atoms with E-state index in [2.05, 4.69) is 0 Å². The van der Waals surface area contributed by atoms with Gasteiger partial charge in [0.25, 0.3) is 0 Å². The second-order valence-corrected chi connectivity index (χ2v) is 4.36. The third kappa shape index (κ3) is 5.84. The van der Waals surface area contributed by atoms with Crippen molar-refractivity contribution in [3.05, 3.63) is 71.8 Å². The van der Waals surface area contributed by atoms with Gasteiger partial charge in [-0.25, -0.2) is 9.59 Å². The van der Waals surface area contributed by atoms with E-state index in [9.17, 15) is 20.1 Å². The Morgan fingerprint density at radius 2 is 1.29 bits per heavy atom. The largest absolute Gasteiger partial charge is 0.478 e. The first-order valence-corrected chi connectivity index (χ1v) is 6.61. The first kappa shape index (κ1) is 18.1. The third-order valence-electron chi connectivity index (χ3n) is 2.73. The fourth-order valence-electron chi connectivity index (χ4n) is 1.70. The molecule has 0 aliphatic heterocycles. The molecule has 0 saturated carbocycles. The highest BCUT2D eigenvalue weighted by Gasteiger charge is 2.04. The molecule has 0 fully saturated rings. The topological polar surface area (TPSA) is 122 Å². The van der Waals surface area contributed by atoms with Crippen molar-refractivity contribution >= 4 is 23.1 Å². The smallest absolute Gasteiger partial charge is 0.328 e. The van der Waals surface area contributed by atoms with Gasteiger partial charge in [-0.1, -0.05) is 30.4 Å². The summed E-state index contributed by atoms with van der Waals surface area (Å²) in [4.78, 5) is 20.9. The molecule has 0 saturated heterocycles. The number of benzene rings is 1. The lowest BCUT2D eigenvalue weighted by molar-refractivity contribution is -0.132. The summed E-state index contributed by atoms with van der Waals surface area (Å²) in [6, 6.07) is 10.4. The minimum absolute atomic E-state index is 0.229. The first-order valence-electron chi connectivity index (χ1n) is 6.61. The highest BCUT2D eigenvalue weighted by atomic mass is 16.4. The summed E-state index contributed by atoms with van der Waals surface area (Å²) in [6.07, 6.45) is 6.99. The Morgan fingerprint density at radius 1 is 0.875 bits per heavy atom. The van der Waals surface area contributed by atoms with Gasteiger partial charge in [-0.2, -0.15) is 10.5 Å². The monoisotopic (exact) mass is 320 g/mol. The number of carboxylic acid groups (broad SMARTS) is 2. The molecule has 0 bridgehead atoms. The molecular weight excluding hydrogens is 308 g/mol. The van der Waals surface area contributed by atoms with Crippen LogP contribution in [-0.2, 0) is 9.59 Å². The van der Waals surface area contributed by atoms with Crippen LogP contribution in [0.4, 0.5) is 0 Å². The van der Waals surface area contributed by atoms with Crippen LogP contribution in [0.25, 0.3) is 11.1 Å². The van der Waals surface area contributed by atoms with Crippen molar-refractivity contribution in [2.45, 2.75) is 0 Å². The normalized spacial score (nSPS) is 12.1. The zero-order chi connectivity index (χ0) is 17.9. The third-order valence-corrected chi connectivity index (χ3v) is 2.73. The molecule has 24 heavy (non-hydrogen) atoms. The maximum Gasteiger partial charge on any atom is 0.328 e. The van der Waals surface area contributed by atoms with Gasteiger partial charge >= 0.3 is 11.9 Å². The second kappa shape index (κ2) is 9.19. The van der Waals surface area contributed by atoms with Crippen molar-refractivity contribution < 1.29 is 19.8 Å². The molecule has 6 nitrogen and oxygen atoms in total. The van der Waals surface area contributed by atoms with Crippen LogP contribution in [-0.4, -0.2) is 22.2 Å². The number of hydrogen-bond donors (Lipinski definition) is 2. The average Bonchev–Trinajstić information content (AvgIpc) is 2.55. The lowest BCUT2D eigenvalue weighted by atomic mass is 9.99. The fourth-order valence-corrected chi connectivity index (χ4v) is 1.70. The Balaban J connectivity index is 3.21. The van der Waals surface area contributed by atoms with Crippen LogP contribution in [0.15, 0.2) is 60.7 Å². The predicted octanol–water partition coefficient (Wildman–Crippen LogP) is 2.78. The van der Waals surface area contributed by atoms with Crippen molar-refractivity contribution in [1.29, 1.82) is 10.5 Å². The number of aliphatic carboxylic acids is 2. The van der Waals surface area contributed by atoms with Crippen molar-refractivity contribution in [1.82, 2.24) is 0 Å². The maximum atomic E-state index is 10.4. The molecule has 0 aromatic heterocycles. The number of carboxylic acids is 2. The standard InChI is InChI=1S/C18H12N2O4/c19-11-15(6-2-8-17(21)22)13-4-1-5-14(10-13)16(12-20)7-3-9-18(23)24/h1-10H,(H,21,22)(H,23,24). The van der Waals surface area contributed by atoms with Gasteiger partial charge in [-0.3, -0.25) is 0 Å². The van der Waals surface area contributed by atoms with Crippen LogP contribution < -0.4 is 0 Å². The summed E-state index contributed by atoms with van der Waals surface area (Å²) in [5.41, 5.74) is 1.47. The molecule has 118 valence electrons. The van der Waals surface area contributed by atoms with E-state index in [1.807, 2.05) is 12.1 Å². The van der Waals surface area contributed by atoms with Crippen molar-refractivity contribution in [2.75, 3.05) is 0 Å². The summed E-state index contributed by atoms with van der Waals surface area (Å²) in [5, 5.41) is 35.5. The van der Waals surface area contributed by atoms with Crippen molar-refractivity contribution in [3.63, 3.8) is 0 Å². The summed E-state index contributed by atoms with van der Waals surface area (Å²) in [5.74, 6) is -2.26. The zero-order valence-corrected chi connectivity index (χ0v) is 12.4. The van der Waals surface area contributed by atoms with Crippen LogP contribution in [0.1, 0.15) is 11.1 Å². The van der Waals surface area contributed by atoms with Gasteiger partial charge in [0.15, 0.2) is 0 Å². The molecule has 0 heterocycles. The van der Waals surface area contributed by atoms with E-state index in [0.29, 0.717) is 11.1 Å². The number of allylic oxidation sites excluding steroid dienone is 6. The maximum absolute atomic E-state index is 10.4. The van der Waals surface area contributed by atoms with Gasteiger partial charge < -0.3 is 10.2 Å². The fraction of sp³-hybridized carbons (Fsp3) is 0. The van der Waals surface area contributed by atoms with E-state index < -0.39 is 11.9 Å². The van der Waals surface area contributed by atoms with Gasteiger partial charge in [-0.05, 0) is 29.3 Å². The SMILES string of the molecule is N#CC(=CC=CC(=O)O)c1cccc(C(C#N)=CC=CC(=O)O)c1. The molecule has 0 aliphatic carbocycles. The molecule has 1 aromatic carbocycles. The lowest BCUT2D eigenvalue weighted by Crippen LogP contribution is -1.88. The predicted molar refractivity (Wildman–Crippen MR) is 87.2 cm³/mol. The Bertz CT molecular complexity index is 779. The van der Waals surface area contributed by atoms with Crippen LogP contribution >= 0.6 is 0 Å². The first-order chi connectivity index (χ1) is 11.5. The van der Waals surface area contributed by atoms with Gasteiger partial charge in [0, 0.05) is 12.2 Å². The average molecular weight is 320 g/mol. The van der Waals surface area contributed by atoms with E-state index >= 15 is 0 Å². The molecule has 6 heteroatoms. The van der Waals surface area contributed by atoms with Crippen molar-refractivity contribution in [2.24, 2.45) is 0 Å². The molecule has 2 N–H and O–H groups in total. The molecule has 1 aromatic rings. The Hall–Kier alpha value is -3.90. The molecule has 1 rings (SSSR count). The van der Waals surface area contributed by atoms with E-state index in [4.69, 9.17) is 10.2 Å². The van der Waals surface area contributed by atoms with Crippen LogP contribution in [0.2, 0.25) is 0 Å². The second-order valence-electron chi connectivity index (χ2n) is 4.36. The number of rotatable bonds is 6. The molecule has 0 atom stereocenters. The van der Waals surface area contributed by atoms with Gasteiger partial charge in [0.1, 0.15) is 0 Å². The van der Waals surface area contributed by atoms with Crippen LogP contribution in [0.3, 0.4) is 0 Å². The molecule has 0 radical (unpaired) electrons. The van der Waals surface area contributed by atoms with Crippen LogP contribution in [0.5, 0.6) is 0 Å². The highest BCUT2D eigenvalue weighted by molar-refractivity contribution is 5.86. The van der Waals surface area contributed by atoms with Gasteiger partial charge in [0.2, 0.25) is 0 Å². The molecule has 0 aliphatic rings. The number of nitriles is 2.